The van der Waals surface area contributed by atoms with Gasteiger partial charge in [-0.2, -0.15) is 4.39 Å². The van der Waals surface area contributed by atoms with E-state index in [2.05, 4.69) is 4.98 Å². The summed E-state index contributed by atoms with van der Waals surface area (Å²) in [5.41, 5.74) is 1.35. The number of rotatable bonds is 1. The first-order valence-electron chi connectivity index (χ1n) is 5.39. The molecule has 0 aliphatic rings. The van der Waals surface area contributed by atoms with Crippen LogP contribution < -0.4 is 5.56 Å². The van der Waals surface area contributed by atoms with Crippen molar-refractivity contribution in [3.05, 3.63) is 57.8 Å². The molecule has 0 atom stereocenters. The van der Waals surface area contributed by atoms with E-state index in [1.807, 2.05) is 19.1 Å². The Bertz CT molecular complexity index is 774. The van der Waals surface area contributed by atoms with Gasteiger partial charge in [-0.25, -0.2) is 0 Å². The van der Waals surface area contributed by atoms with Gasteiger partial charge in [0.1, 0.15) is 4.70 Å². The molecule has 0 aromatic carbocycles. The molecule has 0 saturated carbocycles. The van der Waals surface area contributed by atoms with Gasteiger partial charge in [-0.15, -0.1) is 11.3 Å². The summed E-state index contributed by atoms with van der Waals surface area (Å²) in [6.07, 6.45) is 3.27. The molecule has 5 heteroatoms. The van der Waals surface area contributed by atoms with Crippen LogP contribution in [0.1, 0.15) is 5.69 Å². The molecule has 0 aliphatic carbocycles. The molecule has 3 aromatic rings. The Morgan fingerprint density at radius 1 is 1.33 bits per heavy atom. The van der Waals surface area contributed by atoms with Crippen LogP contribution in [-0.2, 0) is 0 Å². The van der Waals surface area contributed by atoms with Crippen molar-refractivity contribution in [2.45, 2.75) is 6.92 Å². The van der Waals surface area contributed by atoms with Crippen LogP contribution in [0.4, 0.5) is 4.39 Å². The Hall–Kier alpha value is -2.01. The van der Waals surface area contributed by atoms with Gasteiger partial charge in [-0.05, 0) is 31.2 Å². The molecule has 0 fully saturated rings. The Labute approximate surface area is 106 Å². The maximum absolute atomic E-state index is 13.1. The summed E-state index contributed by atoms with van der Waals surface area (Å²) in [7, 11) is 0. The SMILES string of the molecule is Cc1ccc(-n2ccc3cc(F)sc3c2=O)cn1. The second-order valence-electron chi connectivity index (χ2n) is 3.98. The van der Waals surface area contributed by atoms with Gasteiger partial charge in [0.2, 0.25) is 0 Å². The number of halogens is 1. The lowest BCUT2D eigenvalue weighted by molar-refractivity contribution is 0.658. The summed E-state index contributed by atoms with van der Waals surface area (Å²) in [6, 6.07) is 6.76. The van der Waals surface area contributed by atoms with Crippen molar-refractivity contribution in [1.29, 1.82) is 0 Å². The number of thiophene rings is 1. The van der Waals surface area contributed by atoms with E-state index in [4.69, 9.17) is 0 Å². The van der Waals surface area contributed by atoms with Gasteiger partial charge in [0, 0.05) is 17.3 Å². The number of fused-ring (bicyclic) bond motifs is 1. The highest BCUT2D eigenvalue weighted by atomic mass is 32.1. The Morgan fingerprint density at radius 3 is 2.89 bits per heavy atom. The molecule has 0 radical (unpaired) electrons. The topological polar surface area (TPSA) is 34.9 Å². The zero-order valence-electron chi connectivity index (χ0n) is 9.55. The summed E-state index contributed by atoms with van der Waals surface area (Å²) >= 11 is 0.870. The zero-order valence-corrected chi connectivity index (χ0v) is 10.4. The van der Waals surface area contributed by atoms with Crippen molar-refractivity contribution in [2.75, 3.05) is 0 Å². The number of hydrogen-bond donors (Lipinski definition) is 0. The van der Waals surface area contributed by atoms with Crippen molar-refractivity contribution in [2.24, 2.45) is 0 Å². The molecule has 3 nitrogen and oxygen atoms in total. The monoisotopic (exact) mass is 260 g/mol. The molecule has 0 bridgehead atoms. The van der Waals surface area contributed by atoms with Crippen molar-refractivity contribution in [3.8, 4) is 5.69 Å². The lowest BCUT2D eigenvalue weighted by atomic mass is 10.3. The lowest BCUT2D eigenvalue weighted by Crippen LogP contribution is -2.16. The van der Waals surface area contributed by atoms with E-state index in [-0.39, 0.29) is 10.7 Å². The van der Waals surface area contributed by atoms with Gasteiger partial charge in [0.05, 0.1) is 11.9 Å². The minimum absolute atomic E-state index is 0.216. The Morgan fingerprint density at radius 2 is 2.17 bits per heavy atom. The third-order valence-corrected chi connectivity index (χ3v) is 3.65. The second-order valence-corrected chi connectivity index (χ2v) is 4.99. The summed E-state index contributed by atoms with van der Waals surface area (Å²) in [5.74, 6) is 0. The summed E-state index contributed by atoms with van der Waals surface area (Å²) in [5, 5.41) is 0.292. The van der Waals surface area contributed by atoms with Crippen molar-refractivity contribution < 1.29 is 4.39 Å². The Kier molecular flexibility index (Phi) is 2.48. The minimum Gasteiger partial charge on any atom is -0.282 e. The van der Waals surface area contributed by atoms with Gasteiger partial charge >= 0.3 is 0 Å². The van der Waals surface area contributed by atoms with Crippen LogP contribution in [0, 0.1) is 12.1 Å². The molecular weight excluding hydrogens is 251 g/mol. The molecule has 0 amide bonds. The van der Waals surface area contributed by atoms with Gasteiger partial charge < -0.3 is 0 Å². The molecule has 0 N–H and O–H groups in total. The summed E-state index contributed by atoms with van der Waals surface area (Å²) < 4.78 is 15.1. The molecule has 0 saturated heterocycles. The van der Waals surface area contributed by atoms with Crippen molar-refractivity contribution >= 4 is 21.4 Å². The van der Waals surface area contributed by atoms with Crippen LogP contribution in [0.2, 0.25) is 0 Å². The van der Waals surface area contributed by atoms with E-state index in [0.717, 1.165) is 17.0 Å². The third kappa shape index (κ3) is 1.73. The maximum Gasteiger partial charge on any atom is 0.273 e. The summed E-state index contributed by atoms with van der Waals surface area (Å²) in [4.78, 5) is 16.4. The number of nitrogens with zero attached hydrogens (tertiary/aromatic N) is 2. The standard InChI is InChI=1S/C13H9FN2OS/c1-8-2-3-10(7-15-8)16-5-4-9-6-11(14)18-12(9)13(16)17/h2-7H,1H3. The average molecular weight is 260 g/mol. The largest absolute Gasteiger partial charge is 0.282 e. The molecular formula is C13H9FN2OS. The van der Waals surface area contributed by atoms with Gasteiger partial charge in [-0.1, -0.05) is 0 Å². The number of aryl methyl sites for hydroxylation is 1. The first-order chi connectivity index (χ1) is 8.65. The second kappa shape index (κ2) is 4.03. The highest BCUT2D eigenvalue weighted by Crippen LogP contribution is 2.21. The fourth-order valence-corrected chi connectivity index (χ4v) is 2.61. The van der Waals surface area contributed by atoms with Gasteiger partial charge in [-0.3, -0.25) is 14.3 Å². The van der Waals surface area contributed by atoms with Crippen LogP contribution in [0.3, 0.4) is 0 Å². The average Bonchev–Trinajstić information content (AvgIpc) is 2.73. The first-order valence-corrected chi connectivity index (χ1v) is 6.20. The molecule has 3 aromatic heterocycles. The molecule has 0 spiro atoms. The molecule has 3 rings (SSSR count). The van der Waals surface area contributed by atoms with Crippen LogP contribution in [0.25, 0.3) is 15.8 Å². The Balaban J connectivity index is 2.26. The third-order valence-electron chi connectivity index (χ3n) is 2.72. The zero-order chi connectivity index (χ0) is 12.7. The van der Waals surface area contributed by atoms with E-state index in [9.17, 15) is 9.18 Å². The highest BCUT2D eigenvalue weighted by Gasteiger charge is 2.08. The van der Waals surface area contributed by atoms with Crippen LogP contribution in [-0.4, -0.2) is 9.55 Å². The van der Waals surface area contributed by atoms with Gasteiger partial charge in [0.15, 0.2) is 5.13 Å². The van der Waals surface area contributed by atoms with Crippen molar-refractivity contribution in [1.82, 2.24) is 9.55 Å². The minimum atomic E-state index is -0.345. The molecule has 0 unspecified atom stereocenters. The molecule has 0 aliphatic heterocycles. The predicted octanol–water partition coefficient (Wildman–Crippen LogP) is 2.89. The van der Waals surface area contributed by atoms with Gasteiger partial charge in [0.25, 0.3) is 5.56 Å². The van der Waals surface area contributed by atoms with E-state index >= 15 is 0 Å². The van der Waals surface area contributed by atoms with E-state index in [0.29, 0.717) is 15.8 Å². The smallest absolute Gasteiger partial charge is 0.273 e. The number of aromatic nitrogens is 2. The quantitative estimate of drug-likeness (QED) is 0.674. The predicted molar refractivity (Wildman–Crippen MR) is 69.9 cm³/mol. The fraction of sp³-hybridized carbons (Fsp3) is 0.0769. The summed E-state index contributed by atoms with van der Waals surface area (Å²) in [6.45, 7) is 1.88. The van der Waals surface area contributed by atoms with Crippen LogP contribution >= 0.6 is 11.3 Å². The van der Waals surface area contributed by atoms with Crippen LogP contribution in [0.5, 0.6) is 0 Å². The molecule has 3 heterocycles. The maximum atomic E-state index is 13.1. The normalized spacial score (nSPS) is 11.0. The van der Waals surface area contributed by atoms with Crippen LogP contribution in [0.15, 0.2) is 41.5 Å². The lowest BCUT2D eigenvalue weighted by Gasteiger charge is -2.05. The molecule has 18 heavy (non-hydrogen) atoms. The molecule has 90 valence electrons. The van der Waals surface area contributed by atoms with E-state index < -0.39 is 0 Å². The number of pyridine rings is 2. The fourth-order valence-electron chi connectivity index (χ4n) is 1.80. The highest BCUT2D eigenvalue weighted by molar-refractivity contribution is 7.17. The van der Waals surface area contributed by atoms with E-state index in [1.54, 1.807) is 18.5 Å². The van der Waals surface area contributed by atoms with E-state index in [1.165, 1.54) is 10.6 Å². The first kappa shape index (κ1) is 11.1. The number of hydrogen-bond acceptors (Lipinski definition) is 3. The van der Waals surface area contributed by atoms with Crippen molar-refractivity contribution in [3.63, 3.8) is 0 Å².